The van der Waals surface area contributed by atoms with Crippen LogP contribution >= 0.6 is 11.3 Å². The summed E-state index contributed by atoms with van der Waals surface area (Å²) in [5.41, 5.74) is -0.864. The first-order valence-corrected chi connectivity index (χ1v) is 8.81. The molecule has 0 aliphatic heterocycles. The van der Waals surface area contributed by atoms with Crippen LogP contribution in [-0.4, -0.2) is 51.7 Å². The van der Waals surface area contributed by atoms with Crippen LogP contribution in [0.5, 0.6) is 0 Å². The minimum absolute atomic E-state index is 0.0152. The summed E-state index contributed by atoms with van der Waals surface area (Å²) < 4.78 is 10.1. The molecule has 0 aliphatic carbocycles. The van der Waals surface area contributed by atoms with Gasteiger partial charge >= 0.3 is 23.4 Å². The van der Waals surface area contributed by atoms with Gasteiger partial charge < -0.3 is 24.9 Å². The number of nitrogens with one attached hydrogen (secondary N) is 1. The summed E-state index contributed by atoms with van der Waals surface area (Å²) in [6.45, 7) is 2.05. The van der Waals surface area contributed by atoms with Gasteiger partial charge in [0.05, 0.1) is 29.8 Å². The number of rotatable bonds is 7. The number of esters is 2. The molecule has 0 saturated heterocycles. The monoisotopic (exact) mass is 441 g/mol. The van der Waals surface area contributed by atoms with Crippen LogP contribution in [0.2, 0.25) is 0 Å². The Hall–Kier alpha value is -3.88. The molecule has 15 heteroatoms. The molecule has 0 unspecified atom stereocenters. The van der Waals surface area contributed by atoms with E-state index in [1.807, 2.05) is 0 Å². The summed E-state index contributed by atoms with van der Waals surface area (Å²) in [6.07, 6.45) is 0. The molecular weight excluding hydrogens is 426 g/mol. The summed E-state index contributed by atoms with van der Waals surface area (Å²) in [5, 5.41) is 27.9. The van der Waals surface area contributed by atoms with Crippen molar-refractivity contribution in [3.8, 4) is 0 Å². The third kappa shape index (κ3) is 4.09. The second kappa shape index (κ2) is 8.64. The zero-order chi connectivity index (χ0) is 22.7. The highest BCUT2D eigenvalue weighted by Gasteiger charge is 2.36. The fourth-order valence-electron chi connectivity index (χ4n) is 2.55. The Bertz CT molecular complexity index is 1070. The van der Waals surface area contributed by atoms with Gasteiger partial charge in [-0.15, -0.1) is 11.3 Å². The van der Waals surface area contributed by atoms with Crippen LogP contribution in [0.25, 0.3) is 0 Å². The Kier molecular flexibility index (Phi) is 6.46. The number of nitrogens with zero attached hydrogens (tertiary/aromatic N) is 4. The molecule has 2 aromatic heterocycles. The van der Waals surface area contributed by atoms with Crippen LogP contribution in [0.4, 0.5) is 16.5 Å². The van der Waals surface area contributed by atoms with Crippen molar-refractivity contribution in [3.05, 3.63) is 41.9 Å². The summed E-state index contributed by atoms with van der Waals surface area (Å²) >= 11 is 0.770. The minimum Gasteiger partial charge on any atom is -0.465 e. The lowest BCUT2D eigenvalue weighted by Crippen LogP contribution is -2.21. The first-order valence-electron chi connectivity index (χ1n) is 7.99. The van der Waals surface area contributed by atoms with Crippen molar-refractivity contribution in [1.82, 2.24) is 9.78 Å². The van der Waals surface area contributed by atoms with Crippen molar-refractivity contribution in [2.75, 3.05) is 19.5 Å². The topological polar surface area (TPSA) is 186 Å². The Morgan fingerprint density at radius 1 is 1.10 bits per heavy atom. The van der Waals surface area contributed by atoms with E-state index >= 15 is 0 Å². The highest BCUT2D eigenvalue weighted by atomic mass is 32.1. The summed E-state index contributed by atoms with van der Waals surface area (Å²) in [6, 6.07) is 0. The molecule has 1 amide bonds. The summed E-state index contributed by atoms with van der Waals surface area (Å²) in [7, 11) is 2.27. The van der Waals surface area contributed by atoms with Gasteiger partial charge in [-0.25, -0.2) is 9.59 Å². The van der Waals surface area contributed by atoms with Gasteiger partial charge in [-0.2, -0.15) is 4.68 Å². The molecule has 0 aliphatic rings. The number of anilines is 1. The number of thiophene rings is 1. The molecule has 2 aromatic rings. The summed E-state index contributed by atoms with van der Waals surface area (Å²) in [5.74, 6) is -3.33. The molecule has 30 heavy (non-hydrogen) atoms. The predicted octanol–water partition coefficient (Wildman–Crippen LogP) is 1.59. The summed E-state index contributed by atoms with van der Waals surface area (Å²) in [4.78, 5) is 56.5. The van der Waals surface area contributed by atoms with Crippen LogP contribution < -0.4 is 5.32 Å². The fraction of sp³-hybridized carbons (Fsp3) is 0.333. The Balaban J connectivity index is 2.39. The third-order valence-corrected chi connectivity index (χ3v) is 5.15. The van der Waals surface area contributed by atoms with Crippen LogP contribution in [0.3, 0.4) is 0 Å². The minimum atomic E-state index is -1.03. The first-order chi connectivity index (χ1) is 14.0. The second-order valence-electron chi connectivity index (χ2n) is 5.72. The average Bonchev–Trinajstić information content (AvgIpc) is 3.17. The van der Waals surface area contributed by atoms with Crippen molar-refractivity contribution in [3.63, 3.8) is 0 Å². The molecule has 0 aromatic carbocycles. The van der Waals surface area contributed by atoms with Gasteiger partial charge in [0.15, 0.2) is 0 Å². The van der Waals surface area contributed by atoms with Crippen LogP contribution in [-0.2, 0) is 20.8 Å². The number of aromatic nitrogens is 2. The van der Waals surface area contributed by atoms with Gasteiger partial charge in [0.1, 0.15) is 22.1 Å². The Labute approximate surface area is 171 Å². The Morgan fingerprint density at radius 3 is 2.17 bits per heavy atom. The van der Waals surface area contributed by atoms with Gasteiger partial charge in [0.25, 0.3) is 0 Å². The van der Waals surface area contributed by atoms with Gasteiger partial charge in [0, 0.05) is 0 Å². The molecule has 0 atom stereocenters. The van der Waals surface area contributed by atoms with Gasteiger partial charge in [-0.3, -0.25) is 14.9 Å². The molecule has 0 spiro atoms. The molecule has 14 nitrogen and oxygen atoms in total. The van der Waals surface area contributed by atoms with E-state index < -0.39 is 45.7 Å². The van der Waals surface area contributed by atoms with Crippen molar-refractivity contribution in [1.29, 1.82) is 0 Å². The lowest BCUT2D eigenvalue weighted by molar-refractivity contribution is -0.424. The van der Waals surface area contributed by atoms with Crippen molar-refractivity contribution >= 4 is 45.7 Å². The van der Waals surface area contributed by atoms with E-state index in [0.717, 1.165) is 30.2 Å². The van der Waals surface area contributed by atoms with Crippen LogP contribution in [0.1, 0.15) is 31.3 Å². The predicted molar refractivity (Wildman–Crippen MR) is 101 cm³/mol. The molecule has 0 fully saturated rings. The smallest absolute Gasteiger partial charge is 0.465 e. The number of hydrogen-bond donors (Lipinski definition) is 1. The third-order valence-electron chi connectivity index (χ3n) is 3.97. The molecule has 160 valence electrons. The zero-order valence-corrected chi connectivity index (χ0v) is 16.9. The van der Waals surface area contributed by atoms with Crippen molar-refractivity contribution < 1.29 is 33.7 Å². The SMILES string of the molecule is COC(=O)c1sc(NC(=O)Cn2nc([N+](=O)[O-])c([N+](=O)[O-])c2C)c(C(=O)OC)c1C. The Morgan fingerprint density at radius 2 is 1.70 bits per heavy atom. The van der Waals surface area contributed by atoms with Crippen LogP contribution in [0.15, 0.2) is 0 Å². The molecule has 0 radical (unpaired) electrons. The highest BCUT2D eigenvalue weighted by Crippen LogP contribution is 2.34. The van der Waals surface area contributed by atoms with E-state index in [1.54, 1.807) is 0 Å². The maximum atomic E-state index is 12.4. The average molecular weight is 441 g/mol. The lowest BCUT2D eigenvalue weighted by Gasteiger charge is -2.05. The van der Waals surface area contributed by atoms with Gasteiger partial charge in [0.2, 0.25) is 5.91 Å². The van der Waals surface area contributed by atoms with Gasteiger partial charge in [-0.05, 0) is 24.3 Å². The van der Waals surface area contributed by atoms with Gasteiger partial charge in [-0.1, -0.05) is 0 Å². The van der Waals surface area contributed by atoms with E-state index in [0.29, 0.717) is 0 Å². The number of methoxy groups -OCH3 is 2. The lowest BCUT2D eigenvalue weighted by atomic mass is 10.1. The molecule has 0 bridgehead atoms. The number of amides is 1. The quantitative estimate of drug-likeness (QED) is 0.375. The van der Waals surface area contributed by atoms with Crippen molar-refractivity contribution in [2.24, 2.45) is 0 Å². The molecule has 2 rings (SSSR count). The normalized spacial score (nSPS) is 10.4. The largest absolute Gasteiger partial charge is 0.468 e. The number of carbonyl (C=O) groups excluding carboxylic acids is 3. The van der Waals surface area contributed by atoms with E-state index in [4.69, 9.17) is 0 Å². The van der Waals surface area contributed by atoms with E-state index in [-0.39, 0.29) is 26.7 Å². The number of ether oxygens (including phenoxy) is 2. The standard InChI is InChI=1S/C15H15N5O9S/c1-6-9(14(22)28-3)13(30-11(6)15(23)29-4)16-8(21)5-18-7(2)10(19(24)25)12(17-18)20(26)27/h5H2,1-4H3,(H,16,21). The second-order valence-corrected chi connectivity index (χ2v) is 6.74. The van der Waals surface area contributed by atoms with Crippen LogP contribution in [0, 0.1) is 34.1 Å². The van der Waals surface area contributed by atoms with Crippen molar-refractivity contribution in [2.45, 2.75) is 20.4 Å². The maximum Gasteiger partial charge on any atom is 0.468 e. The van der Waals surface area contributed by atoms with E-state index in [9.17, 15) is 34.6 Å². The fourth-order valence-corrected chi connectivity index (χ4v) is 3.68. The molecular formula is C15H15N5O9S. The first kappa shape index (κ1) is 22.4. The van der Waals surface area contributed by atoms with E-state index in [2.05, 4.69) is 19.9 Å². The zero-order valence-electron chi connectivity index (χ0n) is 16.1. The molecule has 1 N–H and O–H groups in total. The molecule has 2 heterocycles. The maximum absolute atomic E-state index is 12.4. The number of hydrogen-bond acceptors (Lipinski definition) is 11. The van der Waals surface area contributed by atoms with E-state index in [1.165, 1.54) is 13.8 Å². The number of carbonyl (C=O) groups is 3. The molecule has 0 saturated carbocycles. The highest BCUT2D eigenvalue weighted by molar-refractivity contribution is 7.18. The number of nitro groups is 2.